The van der Waals surface area contributed by atoms with E-state index < -0.39 is 17.7 Å². The van der Waals surface area contributed by atoms with Crippen molar-refractivity contribution in [3.63, 3.8) is 0 Å². The number of hydrogen-bond donors (Lipinski definition) is 0. The van der Waals surface area contributed by atoms with Gasteiger partial charge in [-0.2, -0.15) is 0 Å². The molecule has 0 unspecified atom stereocenters. The van der Waals surface area contributed by atoms with Gasteiger partial charge in [0.05, 0.1) is 25.3 Å². The fourth-order valence-corrected chi connectivity index (χ4v) is 4.48. The van der Waals surface area contributed by atoms with Crippen molar-refractivity contribution in [2.45, 2.75) is 6.92 Å². The van der Waals surface area contributed by atoms with Gasteiger partial charge in [0.25, 0.3) is 0 Å². The molecule has 5 rings (SSSR count). The highest BCUT2D eigenvalue weighted by Crippen LogP contribution is 2.34. The van der Waals surface area contributed by atoms with Crippen molar-refractivity contribution < 1.29 is 23.9 Å². The van der Waals surface area contributed by atoms with Gasteiger partial charge in [0.15, 0.2) is 0 Å². The largest absolute Gasteiger partial charge is 0.465 e. The first-order valence-corrected chi connectivity index (χ1v) is 10.7. The molecule has 168 valence electrons. The molecule has 34 heavy (non-hydrogen) atoms. The van der Waals surface area contributed by atoms with Crippen molar-refractivity contribution in [2.75, 3.05) is 14.2 Å². The first-order chi connectivity index (χ1) is 16.5. The van der Waals surface area contributed by atoms with Crippen LogP contribution in [0.1, 0.15) is 42.3 Å². The molecule has 3 aromatic carbocycles. The number of hydrogen-bond acceptors (Lipinski definition) is 5. The van der Waals surface area contributed by atoms with Crippen molar-refractivity contribution in [2.24, 2.45) is 0 Å². The van der Waals surface area contributed by atoms with Gasteiger partial charge in [-0.15, -0.1) is 0 Å². The summed E-state index contributed by atoms with van der Waals surface area (Å²) in [6.07, 6.45) is 0. The molecule has 0 saturated carbocycles. The minimum Gasteiger partial charge on any atom is -0.465 e. The zero-order chi connectivity index (χ0) is 24.0. The highest BCUT2D eigenvalue weighted by Gasteiger charge is 2.33. The quantitative estimate of drug-likeness (QED) is 0.209. The predicted molar refractivity (Wildman–Crippen MR) is 130 cm³/mol. The Balaban J connectivity index is 1.98. The van der Waals surface area contributed by atoms with Crippen LogP contribution in [0.15, 0.2) is 72.8 Å². The molecule has 0 aliphatic carbocycles. The summed E-state index contributed by atoms with van der Waals surface area (Å²) in [4.78, 5) is 39.7. The molecule has 2 heterocycles. The second kappa shape index (κ2) is 8.15. The molecule has 2 aromatic heterocycles. The molecule has 0 amide bonds. The number of aromatic nitrogens is 1. The lowest BCUT2D eigenvalue weighted by Crippen LogP contribution is -2.15. The van der Waals surface area contributed by atoms with Crippen LogP contribution in [0.3, 0.4) is 0 Å². The number of ether oxygens (including phenoxy) is 2. The fourth-order valence-electron chi connectivity index (χ4n) is 4.48. The van der Waals surface area contributed by atoms with E-state index in [1.807, 2.05) is 61.5 Å². The van der Waals surface area contributed by atoms with Gasteiger partial charge in [-0.1, -0.05) is 66.2 Å². The third-order valence-corrected chi connectivity index (χ3v) is 6.11. The second-order valence-corrected chi connectivity index (χ2v) is 8.05. The summed E-state index contributed by atoms with van der Waals surface area (Å²) < 4.78 is 11.7. The Kier molecular flexibility index (Phi) is 5.13. The molecule has 0 bridgehead atoms. The van der Waals surface area contributed by atoms with Gasteiger partial charge < -0.3 is 13.9 Å². The fraction of sp³-hybridized carbons (Fsp3) is 0.107. The Hall–Kier alpha value is -4.45. The monoisotopic (exact) mass is 451 g/mol. The molecule has 0 fully saturated rings. The lowest BCUT2D eigenvalue weighted by atomic mass is 10.0. The van der Waals surface area contributed by atoms with Crippen LogP contribution in [0.4, 0.5) is 0 Å². The average Bonchev–Trinajstić information content (AvgIpc) is 3.23. The SMILES string of the molecule is COC(=O)c1c(C(=O)OC)c2ccc3c4ccccc4ccc3n2c1C(=O)c1ccc(C)cc1. The van der Waals surface area contributed by atoms with Gasteiger partial charge >= 0.3 is 11.9 Å². The normalized spacial score (nSPS) is 11.1. The molecular weight excluding hydrogens is 430 g/mol. The van der Waals surface area contributed by atoms with Crippen LogP contribution in [0, 0.1) is 6.92 Å². The number of nitrogens with zero attached hydrogens (tertiary/aromatic N) is 1. The number of fused-ring (bicyclic) bond motifs is 5. The molecule has 0 spiro atoms. The van der Waals surface area contributed by atoms with Crippen molar-refractivity contribution in [1.82, 2.24) is 4.40 Å². The Bertz CT molecular complexity index is 1630. The Labute approximate surface area is 195 Å². The van der Waals surface area contributed by atoms with Gasteiger partial charge in [-0.05, 0) is 29.8 Å². The van der Waals surface area contributed by atoms with Gasteiger partial charge in [-0.3, -0.25) is 4.79 Å². The number of methoxy groups -OCH3 is 2. The number of ketones is 1. The van der Waals surface area contributed by atoms with E-state index in [1.165, 1.54) is 14.2 Å². The van der Waals surface area contributed by atoms with Crippen LogP contribution in [0.25, 0.3) is 27.2 Å². The zero-order valence-corrected chi connectivity index (χ0v) is 18.9. The molecule has 6 heteroatoms. The maximum Gasteiger partial charge on any atom is 0.341 e. The molecule has 0 aliphatic heterocycles. The Morgan fingerprint density at radius 3 is 2.03 bits per heavy atom. The number of pyridine rings is 1. The smallest absolute Gasteiger partial charge is 0.341 e. The van der Waals surface area contributed by atoms with E-state index >= 15 is 0 Å². The van der Waals surface area contributed by atoms with Crippen LogP contribution >= 0.6 is 0 Å². The third kappa shape index (κ3) is 3.15. The van der Waals surface area contributed by atoms with E-state index in [2.05, 4.69) is 0 Å². The summed E-state index contributed by atoms with van der Waals surface area (Å²) >= 11 is 0. The van der Waals surface area contributed by atoms with Gasteiger partial charge in [0.1, 0.15) is 16.8 Å². The summed E-state index contributed by atoms with van der Waals surface area (Å²) in [5, 5.41) is 2.91. The molecular formula is C28H21NO5. The lowest BCUT2D eigenvalue weighted by Gasteiger charge is -2.11. The zero-order valence-electron chi connectivity index (χ0n) is 18.9. The molecule has 0 N–H and O–H groups in total. The topological polar surface area (TPSA) is 74.1 Å². The maximum absolute atomic E-state index is 13.9. The first-order valence-electron chi connectivity index (χ1n) is 10.7. The summed E-state index contributed by atoms with van der Waals surface area (Å²) in [6.45, 7) is 1.93. The minimum atomic E-state index is -0.784. The van der Waals surface area contributed by atoms with E-state index in [1.54, 1.807) is 22.6 Å². The molecule has 0 atom stereocenters. The molecule has 6 nitrogen and oxygen atoms in total. The van der Waals surface area contributed by atoms with E-state index in [4.69, 9.17) is 9.47 Å². The predicted octanol–water partition coefficient (Wildman–Crippen LogP) is 5.36. The number of carbonyl (C=O) groups excluding carboxylic acids is 3. The van der Waals surface area contributed by atoms with Crippen LogP contribution in [0.5, 0.6) is 0 Å². The van der Waals surface area contributed by atoms with E-state index in [0.717, 1.165) is 21.7 Å². The average molecular weight is 451 g/mol. The number of esters is 2. The van der Waals surface area contributed by atoms with Crippen LogP contribution in [-0.2, 0) is 9.47 Å². The van der Waals surface area contributed by atoms with E-state index in [0.29, 0.717) is 16.6 Å². The van der Waals surface area contributed by atoms with Crippen LogP contribution in [0.2, 0.25) is 0 Å². The second-order valence-electron chi connectivity index (χ2n) is 8.05. The van der Waals surface area contributed by atoms with Crippen molar-refractivity contribution in [3.8, 4) is 0 Å². The number of carbonyl (C=O) groups is 3. The van der Waals surface area contributed by atoms with E-state index in [-0.39, 0.29) is 16.8 Å². The van der Waals surface area contributed by atoms with Gasteiger partial charge in [0.2, 0.25) is 5.78 Å². The van der Waals surface area contributed by atoms with Gasteiger partial charge in [0, 0.05) is 10.9 Å². The number of benzene rings is 3. The van der Waals surface area contributed by atoms with Gasteiger partial charge in [-0.25, -0.2) is 9.59 Å². The standard InChI is InChI=1S/C28H21NO5/c1-16-8-10-18(11-9-16)26(30)25-24(28(32)34-3)23(27(31)33-2)22-15-13-20-19-7-5-4-6-17(19)12-14-21(20)29(22)25/h4-15H,1-3H3. The Morgan fingerprint density at radius 2 is 1.32 bits per heavy atom. The highest BCUT2D eigenvalue weighted by atomic mass is 16.5. The van der Waals surface area contributed by atoms with Crippen molar-refractivity contribution in [1.29, 1.82) is 0 Å². The Morgan fingerprint density at radius 1 is 0.676 bits per heavy atom. The molecule has 0 saturated heterocycles. The maximum atomic E-state index is 13.9. The molecule has 0 aliphatic rings. The van der Waals surface area contributed by atoms with Crippen molar-refractivity contribution in [3.05, 3.63) is 101 Å². The first kappa shape index (κ1) is 21.4. The number of aryl methyl sites for hydroxylation is 1. The minimum absolute atomic E-state index is 0.000120. The van der Waals surface area contributed by atoms with Crippen LogP contribution in [-0.4, -0.2) is 36.3 Å². The van der Waals surface area contributed by atoms with E-state index in [9.17, 15) is 14.4 Å². The molecule has 5 aromatic rings. The summed E-state index contributed by atoms with van der Waals surface area (Å²) in [7, 11) is 2.46. The highest BCUT2D eigenvalue weighted by molar-refractivity contribution is 6.21. The number of rotatable bonds is 4. The summed E-state index contributed by atoms with van der Waals surface area (Å²) in [6, 6.07) is 22.4. The van der Waals surface area contributed by atoms with Crippen LogP contribution < -0.4 is 0 Å². The molecule has 0 radical (unpaired) electrons. The summed E-state index contributed by atoms with van der Waals surface area (Å²) in [5.41, 5.74) is 2.42. The summed E-state index contributed by atoms with van der Waals surface area (Å²) in [5.74, 6) is -1.90. The van der Waals surface area contributed by atoms with Crippen molar-refractivity contribution >= 4 is 44.9 Å². The lowest BCUT2D eigenvalue weighted by molar-refractivity contribution is 0.0556. The third-order valence-electron chi connectivity index (χ3n) is 6.11.